The molecule has 2 aromatic rings. The van der Waals surface area contributed by atoms with Crippen molar-refractivity contribution in [3.05, 3.63) is 65.7 Å². The van der Waals surface area contributed by atoms with Gasteiger partial charge in [-0.15, -0.1) is 0 Å². The van der Waals surface area contributed by atoms with Gasteiger partial charge in [0.25, 0.3) is 0 Å². The standard InChI is InChI=1S/C19H17F5O/c1-2-3-4-5-13-6-8-14(9-7-13)15-10-11-16(18(21)17(15)20)25-12-19(22,23)24/h2-3,6-11H,4-5,12H2,1H3/b3-2+. The van der Waals surface area contributed by atoms with Crippen LogP contribution in [-0.4, -0.2) is 12.8 Å². The summed E-state index contributed by atoms with van der Waals surface area (Å²) in [7, 11) is 0. The van der Waals surface area contributed by atoms with Gasteiger partial charge in [0.05, 0.1) is 0 Å². The lowest BCUT2D eigenvalue weighted by Crippen LogP contribution is -2.19. The molecular weight excluding hydrogens is 339 g/mol. The fourth-order valence-corrected chi connectivity index (χ4v) is 2.29. The second kappa shape index (κ2) is 8.14. The molecule has 0 atom stereocenters. The van der Waals surface area contributed by atoms with Crippen LogP contribution in [0.1, 0.15) is 18.9 Å². The van der Waals surface area contributed by atoms with Crippen LogP contribution >= 0.6 is 0 Å². The SMILES string of the molecule is C/C=C/CCc1ccc(-c2ccc(OCC(F)(F)F)c(F)c2F)cc1. The lowest BCUT2D eigenvalue weighted by Gasteiger charge is -2.12. The monoisotopic (exact) mass is 356 g/mol. The molecule has 0 spiro atoms. The zero-order valence-corrected chi connectivity index (χ0v) is 13.5. The van der Waals surface area contributed by atoms with Crippen molar-refractivity contribution in [3.63, 3.8) is 0 Å². The zero-order valence-electron chi connectivity index (χ0n) is 13.5. The summed E-state index contributed by atoms with van der Waals surface area (Å²) in [5, 5.41) is 0. The Bertz CT molecular complexity index is 733. The molecule has 0 saturated carbocycles. The molecule has 0 aliphatic rings. The smallest absolute Gasteiger partial charge is 0.422 e. The van der Waals surface area contributed by atoms with Crippen LogP contribution in [0.4, 0.5) is 22.0 Å². The van der Waals surface area contributed by atoms with E-state index in [2.05, 4.69) is 4.74 Å². The van der Waals surface area contributed by atoms with Crippen molar-refractivity contribution in [3.8, 4) is 16.9 Å². The molecule has 0 heterocycles. The average Bonchev–Trinajstić information content (AvgIpc) is 2.56. The summed E-state index contributed by atoms with van der Waals surface area (Å²) in [6.07, 6.45) is 1.07. The molecule has 134 valence electrons. The van der Waals surface area contributed by atoms with Gasteiger partial charge in [-0.2, -0.15) is 17.6 Å². The van der Waals surface area contributed by atoms with Gasteiger partial charge >= 0.3 is 6.18 Å². The highest BCUT2D eigenvalue weighted by Gasteiger charge is 2.29. The lowest BCUT2D eigenvalue weighted by molar-refractivity contribution is -0.153. The van der Waals surface area contributed by atoms with Crippen molar-refractivity contribution in [2.75, 3.05) is 6.61 Å². The fourth-order valence-electron chi connectivity index (χ4n) is 2.29. The van der Waals surface area contributed by atoms with Crippen LogP contribution in [0.25, 0.3) is 11.1 Å². The maximum Gasteiger partial charge on any atom is 0.422 e. The largest absolute Gasteiger partial charge is 0.481 e. The third-order valence-electron chi connectivity index (χ3n) is 3.54. The minimum absolute atomic E-state index is 0.0307. The maximum absolute atomic E-state index is 14.2. The summed E-state index contributed by atoms with van der Waals surface area (Å²) in [6, 6.07) is 9.13. The van der Waals surface area contributed by atoms with Gasteiger partial charge in [0, 0.05) is 5.56 Å². The second-order valence-electron chi connectivity index (χ2n) is 5.45. The first kappa shape index (κ1) is 19.0. The minimum Gasteiger partial charge on any atom is -0.481 e. The van der Waals surface area contributed by atoms with E-state index in [-0.39, 0.29) is 5.56 Å². The van der Waals surface area contributed by atoms with Crippen molar-refractivity contribution in [1.29, 1.82) is 0 Å². The Balaban J connectivity index is 2.18. The van der Waals surface area contributed by atoms with E-state index in [1.54, 1.807) is 12.1 Å². The molecule has 0 unspecified atom stereocenters. The van der Waals surface area contributed by atoms with E-state index in [9.17, 15) is 22.0 Å². The Morgan fingerprint density at radius 3 is 2.24 bits per heavy atom. The number of halogens is 5. The zero-order chi connectivity index (χ0) is 18.4. The molecular formula is C19H17F5O. The van der Waals surface area contributed by atoms with Gasteiger partial charge in [-0.3, -0.25) is 0 Å². The van der Waals surface area contributed by atoms with Gasteiger partial charge in [0.2, 0.25) is 5.82 Å². The van der Waals surface area contributed by atoms with Crippen LogP contribution in [0.3, 0.4) is 0 Å². The molecule has 0 fully saturated rings. The molecule has 0 aliphatic heterocycles. The van der Waals surface area contributed by atoms with E-state index in [0.717, 1.165) is 24.5 Å². The Kier molecular flexibility index (Phi) is 6.17. The highest BCUT2D eigenvalue weighted by atomic mass is 19.4. The average molecular weight is 356 g/mol. The highest BCUT2D eigenvalue weighted by molar-refractivity contribution is 5.65. The molecule has 2 rings (SSSR count). The summed E-state index contributed by atoms with van der Waals surface area (Å²) in [6.45, 7) is 0.256. The summed E-state index contributed by atoms with van der Waals surface area (Å²) < 4.78 is 68.8. The molecule has 0 aliphatic carbocycles. The van der Waals surface area contributed by atoms with Crippen LogP contribution < -0.4 is 4.74 Å². The minimum atomic E-state index is -4.62. The molecule has 0 N–H and O–H groups in total. The van der Waals surface area contributed by atoms with Crippen LogP contribution in [-0.2, 0) is 6.42 Å². The molecule has 0 saturated heterocycles. The first-order valence-corrected chi connectivity index (χ1v) is 7.70. The van der Waals surface area contributed by atoms with Gasteiger partial charge in [-0.05, 0) is 43.0 Å². The van der Waals surface area contributed by atoms with Gasteiger partial charge in [-0.1, -0.05) is 36.4 Å². The van der Waals surface area contributed by atoms with Gasteiger partial charge in [0.15, 0.2) is 18.2 Å². The molecule has 0 bridgehead atoms. The summed E-state index contributed by atoms with van der Waals surface area (Å²) in [5.41, 5.74) is 1.46. The molecule has 0 radical (unpaired) electrons. The quantitative estimate of drug-likeness (QED) is 0.450. The number of rotatable bonds is 6. The van der Waals surface area contributed by atoms with Gasteiger partial charge in [-0.25, -0.2) is 4.39 Å². The van der Waals surface area contributed by atoms with Crippen LogP contribution in [0.15, 0.2) is 48.6 Å². The normalized spacial score (nSPS) is 11.9. The molecule has 0 amide bonds. The van der Waals surface area contributed by atoms with Gasteiger partial charge < -0.3 is 4.74 Å². The van der Waals surface area contributed by atoms with Crippen molar-refractivity contribution in [2.24, 2.45) is 0 Å². The molecule has 6 heteroatoms. The van der Waals surface area contributed by atoms with E-state index in [0.29, 0.717) is 5.56 Å². The van der Waals surface area contributed by atoms with Crippen LogP contribution in [0.5, 0.6) is 5.75 Å². The topological polar surface area (TPSA) is 9.23 Å². The number of benzene rings is 2. The van der Waals surface area contributed by atoms with E-state index >= 15 is 0 Å². The number of hydrogen-bond acceptors (Lipinski definition) is 1. The number of allylic oxidation sites excluding steroid dienone is 2. The lowest BCUT2D eigenvalue weighted by atomic mass is 10.0. The summed E-state index contributed by atoms with van der Waals surface area (Å²) in [5.74, 6) is -3.43. The third kappa shape index (κ3) is 5.31. The van der Waals surface area contributed by atoms with E-state index in [1.807, 2.05) is 31.2 Å². The Morgan fingerprint density at radius 1 is 0.960 bits per heavy atom. The first-order chi connectivity index (χ1) is 11.8. The van der Waals surface area contributed by atoms with Gasteiger partial charge in [0.1, 0.15) is 0 Å². The molecule has 0 aromatic heterocycles. The summed E-state index contributed by atoms with van der Waals surface area (Å²) in [4.78, 5) is 0. The fraction of sp³-hybridized carbons (Fsp3) is 0.263. The van der Waals surface area contributed by atoms with Crippen molar-refractivity contribution < 1.29 is 26.7 Å². The van der Waals surface area contributed by atoms with E-state index in [1.165, 1.54) is 6.07 Å². The summed E-state index contributed by atoms with van der Waals surface area (Å²) >= 11 is 0. The highest BCUT2D eigenvalue weighted by Crippen LogP contribution is 2.31. The third-order valence-corrected chi connectivity index (χ3v) is 3.54. The second-order valence-corrected chi connectivity index (χ2v) is 5.45. The maximum atomic E-state index is 14.2. The first-order valence-electron chi connectivity index (χ1n) is 7.70. The van der Waals surface area contributed by atoms with Crippen molar-refractivity contribution >= 4 is 0 Å². The van der Waals surface area contributed by atoms with Crippen LogP contribution in [0, 0.1) is 11.6 Å². The number of ether oxygens (including phenoxy) is 1. The predicted molar refractivity (Wildman–Crippen MR) is 86.5 cm³/mol. The van der Waals surface area contributed by atoms with E-state index in [4.69, 9.17) is 0 Å². The number of aryl methyl sites for hydroxylation is 1. The molecule has 2 aromatic carbocycles. The van der Waals surface area contributed by atoms with Crippen molar-refractivity contribution in [2.45, 2.75) is 25.9 Å². The molecule has 25 heavy (non-hydrogen) atoms. The number of hydrogen-bond donors (Lipinski definition) is 0. The Morgan fingerprint density at radius 2 is 1.64 bits per heavy atom. The predicted octanol–water partition coefficient (Wildman–Crippen LogP) is 6.08. The van der Waals surface area contributed by atoms with Crippen molar-refractivity contribution in [1.82, 2.24) is 0 Å². The number of alkyl halides is 3. The Hall–Kier alpha value is -2.37. The molecule has 1 nitrogen and oxygen atoms in total. The van der Waals surface area contributed by atoms with Crippen LogP contribution in [0.2, 0.25) is 0 Å². The van der Waals surface area contributed by atoms with E-state index < -0.39 is 30.2 Å². The Labute approximate surface area is 142 Å².